The molecule has 3 N–H and O–H groups in total. The summed E-state index contributed by atoms with van der Waals surface area (Å²) in [5.41, 5.74) is 5.68. The maximum absolute atomic E-state index is 5.68. The van der Waals surface area contributed by atoms with Crippen molar-refractivity contribution in [3.63, 3.8) is 0 Å². The fourth-order valence-electron chi connectivity index (χ4n) is 1.93. The van der Waals surface area contributed by atoms with Crippen molar-refractivity contribution in [3.05, 3.63) is 18.5 Å². The van der Waals surface area contributed by atoms with Gasteiger partial charge < -0.3 is 15.8 Å². The van der Waals surface area contributed by atoms with Crippen molar-refractivity contribution in [2.75, 3.05) is 30.8 Å². The molecule has 1 aliphatic heterocycles. The molecular weight excluding hydrogens is 246 g/mol. The Labute approximate surface area is 110 Å². The molecule has 8 heteroatoms. The number of anilines is 2. The topological polar surface area (TPSA) is 104 Å². The Hall–Kier alpha value is -2.22. The first-order valence-electron chi connectivity index (χ1n) is 6.14. The molecule has 1 saturated heterocycles. The van der Waals surface area contributed by atoms with Gasteiger partial charge in [0.1, 0.15) is 0 Å². The first-order chi connectivity index (χ1) is 9.31. The summed E-state index contributed by atoms with van der Waals surface area (Å²) < 4.78 is 6.86. The van der Waals surface area contributed by atoms with Crippen LogP contribution in [0.4, 0.5) is 11.9 Å². The maximum Gasteiger partial charge on any atom is 0.257 e. The second kappa shape index (κ2) is 5.19. The fraction of sp³-hybridized carbons (Fsp3) is 0.455. The molecule has 1 aliphatic rings. The molecule has 1 fully saturated rings. The number of hydrogen-bond acceptors (Lipinski definition) is 7. The third kappa shape index (κ3) is 2.79. The quantitative estimate of drug-likeness (QED) is 0.803. The predicted octanol–water partition coefficient (Wildman–Crippen LogP) is 0.0879. The molecule has 8 nitrogen and oxygen atoms in total. The molecule has 2 aromatic rings. The van der Waals surface area contributed by atoms with Crippen molar-refractivity contribution in [1.29, 1.82) is 0 Å². The van der Waals surface area contributed by atoms with E-state index < -0.39 is 0 Å². The number of rotatable bonds is 4. The van der Waals surface area contributed by atoms with Gasteiger partial charge >= 0.3 is 0 Å². The molecule has 0 spiro atoms. The molecule has 2 aromatic heterocycles. The highest BCUT2D eigenvalue weighted by molar-refractivity contribution is 5.34. The van der Waals surface area contributed by atoms with Gasteiger partial charge in [0.2, 0.25) is 11.9 Å². The lowest BCUT2D eigenvalue weighted by Crippen LogP contribution is -2.17. The highest BCUT2D eigenvalue weighted by Gasteiger charge is 2.16. The highest BCUT2D eigenvalue weighted by atomic mass is 16.5. The first kappa shape index (κ1) is 11.8. The Morgan fingerprint density at radius 3 is 3.11 bits per heavy atom. The zero-order chi connectivity index (χ0) is 13.1. The van der Waals surface area contributed by atoms with Crippen LogP contribution in [0.1, 0.15) is 6.42 Å². The number of ether oxygens (including phenoxy) is 1. The van der Waals surface area contributed by atoms with Crippen LogP contribution in [0.2, 0.25) is 0 Å². The smallest absolute Gasteiger partial charge is 0.257 e. The molecule has 3 rings (SSSR count). The normalized spacial score (nSPS) is 18.6. The first-order valence-corrected chi connectivity index (χ1v) is 6.14. The van der Waals surface area contributed by atoms with Crippen LogP contribution < -0.4 is 11.1 Å². The van der Waals surface area contributed by atoms with Crippen LogP contribution in [0.15, 0.2) is 18.5 Å². The van der Waals surface area contributed by atoms with E-state index in [0.29, 0.717) is 17.8 Å². The largest absolute Gasteiger partial charge is 0.381 e. The van der Waals surface area contributed by atoms with Gasteiger partial charge in [0, 0.05) is 31.5 Å². The Balaban J connectivity index is 1.74. The van der Waals surface area contributed by atoms with E-state index >= 15 is 0 Å². The second-order valence-electron chi connectivity index (χ2n) is 4.38. The van der Waals surface area contributed by atoms with E-state index in [-0.39, 0.29) is 5.95 Å². The summed E-state index contributed by atoms with van der Waals surface area (Å²) in [4.78, 5) is 12.4. The Morgan fingerprint density at radius 1 is 1.42 bits per heavy atom. The summed E-state index contributed by atoms with van der Waals surface area (Å²) in [6.07, 6.45) is 4.46. The third-order valence-corrected chi connectivity index (χ3v) is 2.92. The summed E-state index contributed by atoms with van der Waals surface area (Å²) in [5.74, 6) is 1.53. The van der Waals surface area contributed by atoms with Crippen molar-refractivity contribution in [2.45, 2.75) is 6.42 Å². The second-order valence-corrected chi connectivity index (χ2v) is 4.38. The van der Waals surface area contributed by atoms with Gasteiger partial charge in [0.05, 0.1) is 6.61 Å². The molecule has 1 unspecified atom stereocenters. The van der Waals surface area contributed by atoms with Crippen molar-refractivity contribution >= 4 is 11.9 Å². The molecule has 3 heterocycles. The van der Waals surface area contributed by atoms with Gasteiger partial charge in [-0.05, 0) is 12.5 Å². The minimum atomic E-state index is 0.172. The van der Waals surface area contributed by atoms with Crippen LogP contribution in [0, 0.1) is 5.92 Å². The van der Waals surface area contributed by atoms with Crippen LogP contribution in [0.5, 0.6) is 0 Å². The zero-order valence-electron chi connectivity index (χ0n) is 10.4. The molecule has 0 aliphatic carbocycles. The number of hydrogen-bond donors (Lipinski definition) is 2. The van der Waals surface area contributed by atoms with E-state index in [1.165, 1.54) is 0 Å². The molecular formula is C11H15N7O. The highest BCUT2D eigenvalue weighted by Crippen LogP contribution is 2.13. The number of aromatic nitrogens is 5. The van der Waals surface area contributed by atoms with E-state index in [1.807, 2.05) is 0 Å². The minimum Gasteiger partial charge on any atom is -0.381 e. The van der Waals surface area contributed by atoms with E-state index in [0.717, 1.165) is 26.2 Å². The summed E-state index contributed by atoms with van der Waals surface area (Å²) in [6.45, 7) is 2.37. The Kier molecular flexibility index (Phi) is 3.23. The molecule has 19 heavy (non-hydrogen) atoms. The van der Waals surface area contributed by atoms with Crippen molar-refractivity contribution in [2.24, 2.45) is 5.92 Å². The molecule has 0 aromatic carbocycles. The van der Waals surface area contributed by atoms with Gasteiger partial charge in [-0.15, -0.1) is 0 Å². The average molecular weight is 261 g/mol. The van der Waals surface area contributed by atoms with E-state index in [2.05, 4.69) is 25.4 Å². The summed E-state index contributed by atoms with van der Waals surface area (Å²) in [6, 6.07) is 1.79. The van der Waals surface area contributed by atoms with Crippen LogP contribution in [-0.4, -0.2) is 44.5 Å². The van der Waals surface area contributed by atoms with Crippen molar-refractivity contribution < 1.29 is 4.74 Å². The monoisotopic (exact) mass is 261 g/mol. The molecule has 0 radical (unpaired) electrons. The molecule has 0 bridgehead atoms. The van der Waals surface area contributed by atoms with E-state index in [9.17, 15) is 0 Å². The number of nitrogens with two attached hydrogens (primary N) is 1. The number of nitrogens with one attached hydrogen (secondary N) is 1. The predicted molar refractivity (Wildman–Crippen MR) is 68.8 cm³/mol. The molecule has 0 saturated carbocycles. The SMILES string of the molecule is Nc1nc(NCC2CCOC2)nc(-n2cccn2)n1. The maximum atomic E-state index is 5.68. The van der Waals surface area contributed by atoms with Gasteiger partial charge in [-0.25, -0.2) is 4.68 Å². The standard InChI is InChI=1S/C11H15N7O/c12-9-15-10(13-6-8-2-5-19-7-8)17-11(16-9)18-4-1-3-14-18/h1,3-4,8H,2,5-7H2,(H3,12,13,15,16,17). The summed E-state index contributed by atoms with van der Waals surface area (Å²) in [7, 11) is 0. The lowest BCUT2D eigenvalue weighted by molar-refractivity contribution is 0.187. The summed E-state index contributed by atoms with van der Waals surface area (Å²) >= 11 is 0. The van der Waals surface area contributed by atoms with Crippen LogP contribution in [-0.2, 0) is 4.74 Å². The minimum absolute atomic E-state index is 0.172. The molecule has 0 amide bonds. The number of nitrogens with zero attached hydrogens (tertiary/aromatic N) is 5. The van der Waals surface area contributed by atoms with Crippen molar-refractivity contribution in [1.82, 2.24) is 24.7 Å². The van der Waals surface area contributed by atoms with E-state index in [1.54, 1.807) is 23.1 Å². The van der Waals surface area contributed by atoms with Crippen LogP contribution >= 0.6 is 0 Å². The van der Waals surface area contributed by atoms with Crippen molar-refractivity contribution in [3.8, 4) is 5.95 Å². The molecule has 1 atom stereocenters. The van der Waals surface area contributed by atoms with Gasteiger partial charge in [0.15, 0.2) is 0 Å². The zero-order valence-corrected chi connectivity index (χ0v) is 10.4. The van der Waals surface area contributed by atoms with Crippen LogP contribution in [0.3, 0.4) is 0 Å². The van der Waals surface area contributed by atoms with E-state index in [4.69, 9.17) is 10.5 Å². The lowest BCUT2D eigenvalue weighted by Gasteiger charge is -2.10. The fourth-order valence-corrected chi connectivity index (χ4v) is 1.93. The average Bonchev–Trinajstić information content (AvgIpc) is 3.09. The Morgan fingerprint density at radius 2 is 2.37 bits per heavy atom. The van der Waals surface area contributed by atoms with Crippen LogP contribution in [0.25, 0.3) is 5.95 Å². The van der Waals surface area contributed by atoms with Gasteiger partial charge in [-0.3, -0.25) is 0 Å². The summed E-state index contributed by atoms with van der Waals surface area (Å²) in [5, 5.41) is 7.23. The van der Waals surface area contributed by atoms with Gasteiger partial charge in [0.25, 0.3) is 5.95 Å². The van der Waals surface area contributed by atoms with Gasteiger partial charge in [-0.1, -0.05) is 0 Å². The van der Waals surface area contributed by atoms with Gasteiger partial charge in [-0.2, -0.15) is 20.1 Å². The third-order valence-electron chi connectivity index (χ3n) is 2.92. The number of nitrogen functional groups attached to an aromatic ring is 1. The Bertz CT molecular complexity index is 536. The lowest BCUT2D eigenvalue weighted by atomic mass is 10.1. The molecule has 100 valence electrons.